The highest BCUT2D eigenvalue weighted by Crippen LogP contribution is 2.35. The van der Waals surface area contributed by atoms with Crippen LogP contribution in [0.1, 0.15) is 5.56 Å². The molecule has 0 radical (unpaired) electrons. The molecule has 7 nitrogen and oxygen atoms in total. The molecule has 1 fully saturated rings. The van der Waals surface area contributed by atoms with Gasteiger partial charge in [0.1, 0.15) is 6.54 Å². The predicted octanol–water partition coefficient (Wildman–Crippen LogP) is 2.93. The van der Waals surface area contributed by atoms with E-state index in [1.807, 2.05) is 24.3 Å². The quantitative estimate of drug-likeness (QED) is 0.695. The Kier molecular flexibility index (Phi) is 7.13. The van der Waals surface area contributed by atoms with E-state index in [-0.39, 0.29) is 36.3 Å². The molecule has 1 saturated heterocycles. The maximum atomic E-state index is 13.1. The Bertz CT molecular complexity index is 1090. The molecular formula is C23H23F3N4O3S. The number of rotatable bonds is 5. The molecule has 0 aliphatic carbocycles. The second kappa shape index (κ2) is 10.1. The average Bonchev–Trinajstić information content (AvgIpc) is 2.81. The van der Waals surface area contributed by atoms with Gasteiger partial charge < -0.3 is 15.1 Å². The normalized spacial score (nSPS) is 16.9. The van der Waals surface area contributed by atoms with E-state index >= 15 is 0 Å². The first-order valence-electron chi connectivity index (χ1n) is 10.7. The molecule has 11 heteroatoms. The van der Waals surface area contributed by atoms with E-state index in [1.165, 1.54) is 34.9 Å². The summed E-state index contributed by atoms with van der Waals surface area (Å²) in [6.07, 6.45) is -4.56. The van der Waals surface area contributed by atoms with E-state index in [9.17, 15) is 27.6 Å². The first-order chi connectivity index (χ1) is 16.2. The molecule has 0 aromatic heterocycles. The van der Waals surface area contributed by atoms with E-state index in [4.69, 9.17) is 0 Å². The number of hydrogen-bond acceptors (Lipinski definition) is 5. The SMILES string of the molecule is O=C(CN1CCN(C(=O)CN2C(=O)CSc3ccccc32)CC1)Nc1ccccc1C(F)(F)F. The Hall–Kier alpha value is -3.05. The summed E-state index contributed by atoms with van der Waals surface area (Å²) in [5.41, 5.74) is -0.448. The number of nitrogens with one attached hydrogen (secondary N) is 1. The van der Waals surface area contributed by atoms with Gasteiger partial charge in [-0.25, -0.2) is 0 Å². The van der Waals surface area contributed by atoms with Crippen LogP contribution in [0, 0.1) is 0 Å². The Morgan fingerprint density at radius 2 is 1.62 bits per heavy atom. The van der Waals surface area contributed by atoms with Gasteiger partial charge in [0.2, 0.25) is 17.7 Å². The van der Waals surface area contributed by atoms with Crippen molar-refractivity contribution in [3.63, 3.8) is 0 Å². The van der Waals surface area contributed by atoms with Crippen LogP contribution in [0.4, 0.5) is 24.5 Å². The highest BCUT2D eigenvalue weighted by molar-refractivity contribution is 8.00. The topological polar surface area (TPSA) is 73.0 Å². The van der Waals surface area contributed by atoms with E-state index < -0.39 is 17.6 Å². The van der Waals surface area contributed by atoms with Gasteiger partial charge in [0, 0.05) is 31.1 Å². The van der Waals surface area contributed by atoms with Crippen LogP contribution in [0.3, 0.4) is 0 Å². The van der Waals surface area contributed by atoms with Crippen molar-refractivity contribution in [1.82, 2.24) is 9.80 Å². The van der Waals surface area contributed by atoms with Crippen molar-refractivity contribution in [2.24, 2.45) is 0 Å². The fraction of sp³-hybridized carbons (Fsp3) is 0.348. The number of piperazine rings is 1. The summed E-state index contributed by atoms with van der Waals surface area (Å²) >= 11 is 1.45. The number of nitrogens with zero attached hydrogens (tertiary/aromatic N) is 3. The number of carbonyl (C=O) groups is 3. The average molecular weight is 493 g/mol. The van der Waals surface area contributed by atoms with Crippen LogP contribution < -0.4 is 10.2 Å². The van der Waals surface area contributed by atoms with Gasteiger partial charge in [0.05, 0.1) is 29.2 Å². The van der Waals surface area contributed by atoms with Crippen molar-refractivity contribution >= 4 is 40.9 Å². The Morgan fingerprint density at radius 3 is 2.35 bits per heavy atom. The molecule has 1 N–H and O–H groups in total. The maximum absolute atomic E-state index is 13.1. The van der Waals surface area contributed by atoms with Crippen molar-refractivity contribution in [3.05, 3.63) is 54.1 Å². The monoisotopic (exact) mass is 492 g/mol. The number of fused-ring (bicyclic) bond motifs is 1. The molecule has 180 valence electrons. The fourth-order valence-corrected chi connectivity index (χ4v) is 4.89. The van der Waals surface area contributed by atoms with Crippen LogP contribution in [-0.2, 0) is 20.6 Å². The van der Waals surface area contributed by atoms with E-state index in [2.05, 4.69) is 5.32 Å². The minimum atomic E-state index is -4.56. The molecule has 4 rings (SSSR count). The Morgan fingerprint density at radius 1 is 0.941 bits per heavy atom. The first kappa shape index (κ1) is 24.1. The lowest BCUT2D eigenvalue weighted by molar-refractivity contribution is -0.137. The molecule has 0 saturated carbocycles. The number of para-hydroxylation sites is 2. The zero-order chi connectivity index (χ0) is 24.3. The second-order valence-corrected chi connectivity index (χ2v) is 9.00. The van der Waals surface area contributed by atoms with Gasteiger partial charge in [-0.05, 0) is 24.3 Å². The van der Waals surface area contributed by atoms with Gasteiger partial charge in [0.25, 0.3) is 0 Å². The van der Waals surface area contributed by atoms with Crippen LogP contribution in [0.5, 0.6) is 0 Å². The molecule has 2 aliphatic heterocycles. The summed E-state index contributed by atoms with van der Waals surface area (Å²) in [6, 6.07) is 12.3. The fourth-order valence-electron chi connectivity index (χ4n) is 3.95. The third-order valence-electron chi connectivity index (χ3n) is 5.70. The first-order valence-corrected chi connectivity index (χ1v) is 11.7. The molecule has 2 aliphatic rings. The number of benzene rings is 2. The maximum Gasteiger partial charge on any atom is 0.418 e. The van der Waals surface area contributed by atoms with Gasteiger partial charge in [-0.15, -0.1) is 11.8 Å². The highest BCUT2D eigenvalue weighted by Gasteiger charge is 2.34. The summed E-state index contributed by atoms with van der Waals surface area (Å²) in [4.78, 5) is 43.5. The van der Waals surface area contributed by atoms with Gasteiger partial charge in [-0.2, -0.15) is 13.2 Å². The van der Waals surface area contributed by atoms with Crippen LogP contribution in [0.15, 0.2) is 53.4 Å². The van der Waals surface area contributed by atoms with E-state index in [0.717, 1.165) is 16.6 Å². The minimum absolute atomic E-state index is 0.0505. The summed E-state index contributed by atoms with van der Waals surface area (Å²) in [7, 11) is 0. The highest BCUT2D eigenvalue weighted by atomic mass is 32.2. The number of hydrogen-bond donors (Lipinski definition) is 1. The molecule has 2 aromatic rings. The van der Waals surface area contributed by atoms with Gasteiger partial charge in [-0.1, -0.05) is 24.3 Å². The number of carbonyl (C=O) groups excluding carboxylic acids is 3. The van der Waals surface area contributed by atoms with E-state index in [1.54, 1.807) is 9.80 Å². The van der Waals surface area contributed by atoms with Crippen LogP contribution in [-0.4, -0.2) is 72.5 Å². The van der Waals surface area contributed by atoms with Gasteiger partial charge >= 0.3 is 6.18 Å². The summed E-state index contributed by atoms with van der Waals surface area (Å²) < 4.78 is 39.4. The largest absolute Gasteiger partial charge is 0.418 e. The second-order valence-electron chi connectivity index (χ2n) is 7.98. The predicted molar refractivity (Wildman–Crippen MR) is 123 cm³/mol. The molecule has 0 spiro atoms. The number of alkyl halides is 3. The third kappa shape index (κ3) is 5.53. The minimum Gasteiger partial charge on any atom is -0.339 e. The lowest BCUT2D eigenvalue weighted by Crippen LogP contribution is -2.53. The van der Waals surface area contributed by atoms with Crippen LogP contribution in [0.25, 0.3) is 0 Å². The lowest BCUT2D eigenvalue weighted by atomic mass is 10.1. The molecule has 0 atom stereocenters. The Labute approximate surface area is 198 Å². The van der Waals surface area contributed by atoms with Crippen molar-refractivity contribution in [2.75, 3.05) is 55.2 Å². The van der Waals surface area contributed by atoms with E-state index in [0.29, 0.717) is 26.2 Å². The number of halogens is 3. The van der Waals surface area contributed by atoms with Crippen molar-refractivity contribution in [2.45, 2.75) is 11.1 Å². The molecule has 34 heavy (non-hydrogen) atoms. The summed E-state index contributed by atoms with van der Waals surface area (Å²) in [6.45, 7) is 1.41. The molecule has 0 unspecified atom stereocenters. The summed E-state index contributed by atoms with van der Waals surface area (Å²) in [5.74, 6) is -0.570. The van der Waals surface area contributed by atoms with Crippen molar-refractivity contribution < 1.29 is 27.6 Å². The molecular weight excluding hydrogens is 469 g/mol. The number of amides is 3. The lowest BCUT2D eigenvalue weighted by Gasteiger charge is -2.36. The smallest absolute Gasteiger partial charge is 0.339 e. The zero-order valence-electron chi connectivity index (χ0n) is 18.2. The number of thioether (sulfide) groups is 1. The van der Waals surface area contributed by atoms with Crippen LogP contribution in [0.2, 0.25) is 0 Å². The molecule has 2 heterocycles. The Balaban J connectivity index is 1.29. The van der Waals surface area contributed by atoms with Crippen LogP contribution >= 0.6 is 11.8 Å². The zero-order valence-corrected chi connectivity index (χ0v) is 19.0. The van der Waals surface area contributed by atoms with Gasteiger partial charge in [-0.3, -0.25) is 19.3 Å². The standard InChI is InChI=1S/C23H23F3N4O3S/c24-23(25,26)16-5-1-2-6-17(16)27-20(31)13-28-9-11-29(12-10-28)21(32)14-30-18-7-3-4-8-19(18)34-15-22(30)33/h1-8H,9-15H2,(H,27,31). The van der Waals surface area contributed by atoms with Crippen molar-refractivity contribution in [3.8, 4) is 0 Å². The molecule has 3 amide bonds. The molecule has 2 aromatic carbocycles. The summed E-state index contributed by atoms with van der Waals surface area (Å²) in [5, 5.41) is 2.34. The van der Waals surface area contributed by atoms with Crippen molar-refractivity contribution in [1.29, 1.82) is 0 Å². The third-order valence-corrected chi connectivity index (χ3v) is 6.75. The van der Waals surface area contributed by atoms with Gasteiger partial charge in [0.15, 0.2) is 0 Å². The molecule has 0 bridgehead atoms. The number of anilines is 2.